The summed E-state index contributed by atoms with van der Waals surface area (Å²) in [4.78, 5) is 7.07. The van der Waals surface area contributed by atoms with Crippen molar-refractivity contribution in [2.24, 2.45) is 7.05 Å². The maximum Gasteiger partial charge on any atom is 0.157 e. The molecule has 0 saturated heterocycles. The Labute approximate surface area is 148 Å². The van der Waals surface area contributed by atoms with E-state index in [9.17, 15) is 0 Å². The number of benzene rings is 1. The number of nitrogens with one attached hydrogen (secondary N) is 1. The van der Waals surface area contributed by atoms with Gasteiger partial charge in [-0.2, -0.15) is 5.10 Å². The number of hydrogen-bond donors (Lipinski definition) is 1. The predicted octanol–water partition coefficient (Wildman–Crippen LogP) is 2.42. The Morgan fingerprint density at radius 1 is 1.20 bits per heavy atom. The van der Waals surface area contributed by atoms with Crippen molar-refractivity contribution in [2.75, 3.05) is 19.6 Å². The lowest BCUT2D eigenvalue weighted by Crippen LogP contribution is -2.35. The molecule has 0 amide bonds. The van der Waals surface area contributed by atoms with Crippen LogP contribution >= 0.6 is 0 Å². The zero-order valence-electron chi connectivity index (χ0n) is 15.0. The van der Waals surface area contributed by atoms with Gasteiger partial charge in [0.1, 0.15) is 0 Å². The Morgan fingerprint density at radius 2 is 2.04 bits per heavy atom. The molecule has 0 spiro atoms. The molecule has 5 heteroatoms. The van der Waals surface area contributed by atoms with Gasteiger partial charge in [0.2, 0.25) is 0 Å². The van der Waals surface area contributed by atoms with E-state index in [0.29, 0.717) is 0 Å². The molecule has 0 unspecified atom stereocenters. The van der Waals surface area contributed by atoms with Gasteiger partial charge < -0.3 is 5.32 Å². The van der Waals surface area contributed by atoms with Gasteiger partial charge in [-0.05, 0) is 36.1 Å². The smallest absolute Gasteiger partial charge is 0.157 e. The molecule has 1 aliphatic heterocycles. The van der Waals surface area contributed by atoms with Crippen LogP contribution in [0.3, 0.4) is 0 Å². The van der Waals surface area contributed by atoms with E-state index < -0.39 is 0 Å². The minimum atomic E-state index is 0.849. The van der Waals surface area contributed by atoms with E-state index in [1.165, 1.54) is 16.7 Å². The van der Waals surface area contributed by atoms with Gasteiger partial charge in [-0.25, -0.2) is 4.98 Å². The van der Waals surface area contributed by atoms with E-state index in [-0.39, 0.29) is 0 Å². The van der Waals surface area contributed by atoms with Crippen molar-refractivity contribution in [1.82, 2.24) is 25.0 Å². The SMILES string of the molecule is Cc1nn(C)c2ncc(CNCCN3CCc4ccccc4C3)cc12. The zero-order valence-corrected chi connectivity index (χ0v) is 15.0. The maximum absolute atomic E-state index is 4.55. The summed E-state index contributed by atoms with van der Waals surface area (Å²) in [7, 11) is 1.94. The lowest BCUT2D eigenvalue weighted by molar-refractivity contribution is 0.254. The average Bonchev–Trinajstić information content (AvgIpc) is 2.92. The molecule has 3 aromatic rings. The number of pyridine rings is 1. The molecule has 4 rings (SSSR count). The minimum Gasteiger partial charge on any atom is -0.311 e. The first-order valence-electron chi connectivity index (χ1n) is 8.99. The highest BCUT2D eigenvalue weighted by atomic mass is 15.3. The quantitative estimate of drug-likeness (QED) is 0.728. The van der Waals surface area contributed by atoms with E-state index in [2.05, 4.69) is 50.6 Å². The van der Waals surface area contributed by atoms with Crippen molar-refractivity contribution in [3.63, 3.8) is 0 Å². The van der Waals surface area contributed by atoms with Gasteiger partial charge in [0, 0.05) is 51.4 Å². The maximum atomic E-state index is 4.55. The Bertz CT molecular complexity index is 883. The van der Waals surface area contributed by atoms with E-state index >= 15 is 0 Å². The monoisotopic (exact) mass is 335 g/mol. The minimum absolute atomic E-state index is 0.849. The molecule has 1 aliphatic rings. The standard InChI is InChI=1S/C20H25N5/c1-15-19-11-16(13-22-20(19)24(2)23-15)12-21-8-10-25-9-7-17-5-3-4-6-18(17)14-25/h3-6,11,13,21H,7-10,12,14H2,1-2H3. The lowest BCUT2D eigenvalue weighted by Gasteiger charge is -2.28. The molecule has 0 atom stereocenters. The van der Waals surface area contributed by atoms with Gasteiger partial charge in [-0.3, -0.25) is 9.58 Å². The second-order valence-corrected chi connectivity index (χ2v) is 6.90. The fraction of sp³-hybridized carbons (Fsp3) is 0.400. The van der Waals surface area contributed by atoms with Crippen LogP contribution in [0.25, 0.3) is 11.0 Å². The third kappa shape index (κ3) is 3.43. The van der Waals surface area contributed by atoms with Crippen molar-refractivity contribution in [3.8, 4) is 0 Å². The third-order valence-corrected chi connectivity index (χ3v) is 5.06. The van der Waals surface area contributed by atoms with Crippen LogP contribution in [0.5, 0.6) is 0 Å². The topological polar surface area (TPSA) is 46.0 Å². The van der Waals surface area contributed by atoms with E-state index in [4.69, 9.17) is 0 Å². The number of aromatic nitrogens is 3. The number of hydrogen-bond acceptors (Lipinski definition) is 4. The molecule has 1 aromatic carbocycles. The molecular formula is C20H25N5. The Hall–Kier alpha value is -2.24. The summed E-state index contributed by atoms with van der Waals surface area (Å²) in [6, 6.07) is 11.0. The van der Waals surface area contributed by atoms with Gasteiger partial charge in [-0.1, -0.05) is 24.3 Å². The largest absolute Gasteiger partial charge is 0.311 e. The van der Waals surface area contributed by atoms with Gasteiger partial charge in [-0.15, -0.1) is 0 Å². The summed E-state index contributed by atoms with van der Waals surface area (Å²) in [6.07, 6.45) is 3.12. The van der Waals surface area contributed by atoms with Gasteiger partial charge in [0.05, 0.1) is 5.69 Å². The van der Waals surface area contributed by atoms with Gasteiger partial charge in [0.15, 0.2) is 5.65 Å². The van der Waals surface area contributed by atoms with E-state index in [1.54, 1.807) is 0 Å². The Kier molecular flexibility index (Phi) is 4.51. The molecule has 25 heavy (non-hydrogen) atoms. The molecule has 0 fully saturated rings. The first-order chi connectivity index (χ1) is 12.2. The van der Waals surface area contributed by atoms with Crippen molar-refractivity contribution in [1.29, 1.82) is 0 Å². The summed E-state index contributed by atoms with van der Waals surface area (Å²) in [5.74, 6) is 0. The lowest BCUT2D eigenvalue weighted by atomic mass is 10.00. The highest BCUT2D eigenvalue weighted by molar-refractivity contribution is 5.78. The van der Waals surface area contributed by atoms with Crippen LogP contribution in [0.2, 0.25) is 0 Å². The van der Waals surface area contributed by atoms with Crippen LogP contribution in [-0.2, 0) is 26.6 Å². The summed E-state index contributed by atoms with van der Waals surface area (Å²) in [6.45, 7) is 7.18. The fourth-order valence-corrected chi connectivity index (χ4v) is 3.66. The Morgan fingerprint density at radius 3 is 2.92 bits per heavy atom. The second kappa shape index (κ2) is 6.94. The Balaban J connectivity index is 1.29. The molecular weight excluding hydrogens is 310 g/mol. The first-order valence-corrected chi connectivity index (χ1v) is 8.99. The van der Waals surface area contributed by atoms with Crippen LogP contribution in [-0.4, -0.2) is 39.3 Å². The molecule has 0 bridgehead atoms. The first kappa shape index (κ1) is 16.2. The second-order valence-electron chi connectivity index (χ2n) is 6.90. The van der Waals surface area contributed by atoms with Gasteiger partial charge in [0.25, 0.3) is 0 Å². The highest BCUT2D eigenvalue weighted by Gasteiger charge is 2.14. The predicted molar refractivity (Wildman–Crippen MR) is 100 cm³/mol. The summed E-state index contributed by atoms with van der Waals surface area (Å²) < 4.78 is 1.84. The highest BCUT2D eigenvalue weighted by Crippen LogP contribution is 2.18. The summed E-state index contributed by atoms with van der Waals surface area (Å²) >= 11 is 0. The van der Waals surface area contributed by atoms with Crippen LogP contribution in [0.1, 0.15) is 22.4 Å². The van der Waals surface area contributed by atoms with Gasteiger partial charge >= 0.3 is 0 Å². The van der Waals surface area contributed by atoms with Crippen LogP contribution < -0.4 is 5.32 Å². The van der Waals surface area contributed by atoms with Crippen LogP contribution in [0.4, 0.5) is 0 Å². The molecule has 130 valence electrons. The fourth-order valence-electron chi connectivity index (χ4n) is 3.66. The number of fused-ring (bicyclic) bond motifs is 2. The van der Waals surface area contributed by atoms with Crippen LogP contribution in [0, 0.1) is 6.92 Å². The van der Waals surface area contributed by atoms with Crippen molar-refractivity contribution in [3.05, 3.63) is 58.9 Å². The molecule has 1 N–H and O–H groups in total. The number of nitrogens with zero attached hydrogens (tertiary/aromatic N) is 4. The summed E-state index contributed by atoms with van der Waals surface area (Å²) in [5, 5.41) is 9.14. The molecule has 0 saturated carbocycles. The van der Waals surface area contributed by atoms with E-state index in [0.717, 1.165) is 55.9 Å². The number of aryl methyl sites for hydroxylation is 2. The molecule has 0 radical (unpaired) electrons. The zero-order chi connectivity index (χ0) is 17.2. The molecule has 2 aromatic heterocycles. The molecule has 5 nitrogen and oxygen atoms in total. The summed E-state index contributed by atoms with van der Waals surface area (Å²) in [5.41, 5.74) is 6.20. The normalized spacial score (nSPS) is 14.8. The average molecular weight is 335 g/mol. The third-order valence-electron chi connectivity index (χ3n) is 5.06. The van der Waals surface area contributed by atoms with Crippen LogP contribution in [0.15, 0.2) is 36.5 Å². The molecule has 0 aliphatic carbocycles. The molecule has 3 heterocycles. The van der Waals surface area contributed by atoms with E-state index in [1.807, 2.05) is 24.9 Å². The number of rotatable bonds is 5. The van der Waals surface area contributed by atoms with Crippen molar-refractivity contribution >= 4 is 11.0 Å². The van der Waals surface area contributed by atoms with Crippen molar-refractivity contribution in [2.45, 2.75) is 26.4 Å². The van der Waals surface area contributed by atoms with Crippen molar-refractivity contribution < 1.29 is 0 Å².